The van der Waals surface area contributed by atoms with Crippen molar-refractivity contribution in [2.75, 3.05) is 31.6 Å². The van der Waals surface area contributed by atoms with Crippen molar-refractivity contribution in [1.29, 1.82) is 5.26 Å². The van der Waals surface area contributed by atoms with Gasteiger partial charge in [0.05, 0.1) is 35.4 Å². The van der Waals surface area contributed by atoms with Crippen molar-refractivity contribution in [3.8, 4) is 6.07 Å². The van der Waals surface area contributed by atoms with Crippen molar-refractivity contribution in [3.05, 3.63) is 23.8 Å². The first-order valence-electron chi connectivity index (χ1n) is 12.9. The number of ether oxygens (including phenoxy) is 2. The summed E-state index contributed by atoms with van der Waals surface area (Å²) in [7, 11) is -3.83. The molecule has 3 unspecified atom stereocenters. The lowest BCUT2D eigenvalue weighted by Crippen LogP contribution is -2.56. The molecule has 1 aromatic rings. The Morgan fingerprint density at radius 2 is 2.08 bits per heavy atom. The van der Waals surface area contributed by atoms with Crippen LogP contribution in [0.4, 0.5) is 5.69 Å². The second kappa shape index (κ2) is 10.1. The third-order valence-electron chi connectivity index (χ3n) is 7.38. The van der Waals surface area contributed by atoms with Gasteiger partial charge >= 0.3 is 5.97 Å². The van der Waals surface area contributed by atoms with Crippen LogP contribution in [0.1, 0.15) is 39.2 Å². The van der Waals surface area contributed by atoms with E-state index >= 15 is 0 Å². The number of sulfonamides is 1. The number of piperidine rings is 1. The molecular weight excluding hydrogens is 512 g/mol. The number of hydrogen-bond donors (Lipinski definition) is 3. The zero-order valence-corrected chi connectivity index (χ0v) is 22.6. The van der Waals surface area contributed by atoms with E-state index in [1.54, 1.807) is 32.9 Å². The lowest BCUT2D eigenvalue weighted by molar-refractivity contribution is -0.155. The van der Waals surface area contributed by atoms with Crippen molar-refractivity contribution in [2.45, 2.75) is 68.9 Å². The Morgan fingerprint density at radius 1 is 1.29 bits per heavy atom. The third kappa shape index (κ3) is 5.11. The number of esters is 1. The first-order chi connectivity index (χ1) is 18.0. The number of nitriles is 1. The van der Waals surface area contributed by atoms with Crippen LogP contribution in [0.2, 0.25) is 0 Å². The first kappa shape index (κ1) is 26.8. The molecule has 0 radical (unpaired) electrons. The minimum absolute atomic E-state index is 0.0481. The number of nitrogens with zero attached hydrogens (tertiary/aromatic N) is 3. The summed E-state index contributed by atoms with van der Waals surface area (Å²) in [4.78, 5) is 25.4. The fraction of sp³-hybridized carbons (Fsp3) is 0.640. The average molecular weight is 547 g/mol. The van der Waals surface area contributed by atoms with Crippen LogP contribution in [0.3, 0.4) is 0 Å². The summed E-state index contributed by atoms with van der Waals surface area (Å²) in [6, 6.07) is 7.03. The van der Waals surface area contributed by atoms with Crippen molar-refractivity contribution in [2.24, 2.45) is 11.8 Å². The number of carbonyl (C=O) groups excluding carboxylic acids is 2. The third-order valence-corrected chi connectivity index (χ3v) is 9.28. The molecule has 5 rings (SSSR count). The highest BCUT2D eigenvalue weighted by molar-refractivity contribution is 7.89. The van der Waals surface area contributed by atoms with Gasteiger partial charge in [0.2, 0.25) is 15.9 Å². The molecule has 4 aliphatic heterocycles. The van der Waals surface area contributed by atoms with E-state index in [2.05, 4.69) is 22.1 Å². The number of hydrogen-bond acceptors (Lipinski definition) is 10. The van der Waals surface area contributed by atoms with Crippen LogP contribution in [0.15, 0.2) is 23.1 Å². The van der Waals surface area contributed by atoms with Crippen LogP contribution >= 0.6 is 0 Å². The maximum atomic E-state index is 13.0. The molecule has 0 aliphatic carbocycles. The molecule has 206 valence electrons. The fourth-order valence-corrected chi connectivity index (χ4v) is 7.30. The second-order valence-corrected chi connectivity index (χ2v) is 13.1. The number of anilines is 1. The SMILES string of the molecule is CC(C)(C)OC(=O)CN1Cc2cc(NC3NN([C@H]4COCC[C@@H]4C#N)C4CCNC(=O)C34)ccc2S1(=O)=O. The fourth-order valence-electron chi connectivity index (χ4n) is 5.75. The maximum absolute atomic E-state index is 13.0. The van der Waals surface area contributed by atoms with Crippen LogP contribution in [0.5, 0.6) is 0 Å². The van der Waals surface area contributed by atoms with Crippen LogP contribution in [0.25, 0.3) is 0 Å². The van der Waals surface area contributed by atoms with Gasteiger partial charge in [0.25, 0.3) is 0 Å². The predicted molar refractivity (Wildman–Crippen MR) is 135 cm³/mol. The summed E-state index contributed by atoms with van der Waals surface area (Å²) in [6.45, 7) is 6.37. The maximum Gasteiger partial charge on any atom is 0.321 e. The van der Waals surface area contributed by atoms with Crippen LogP contribution < -0.4 is 16.1 Å². The summed E-state index contributed by atoms with van der Waals surface area (Å²) in [6.07, 6.45) is 0.911. The first-order valence-corrected chi connectivity index (χ1v) is 14.3. The Morgan fingerprint density at radius 3 is 2.82 bits per heavy atom. The summed E-state index contributed by atoms with van der Waals surface area (Å²) < 4.78 is 38.2. The Hall–Kier alpha value is -2.76. The van der Waals surface area contributed by atoms with Crippen LogP contribution in [-0.4, -0.2) is 79.8 Å². The largest absolute Gasteiger partial charge is 0.459 e. The van der Waals surface area contributed by atoms with Crippen LogP contribution in [0, 0.1) is 23.2 Å². The summed E-state index contributed by atoms with van der Waals surface area (Å²) in [5, 5.41) is 18.0. The molecule has 5 atom stereocenters. The summed E-state index contributed by atoms with van der Waals surface area (Å²) >= 11 is 0. The minimum Gasteiger partial charge on any atom is -0.459 e. The van der Waals surface area contributed by atoms with Gasteiger partial charge < -0.3 is 20.1 Å². The Balaban J connectivity index is 1.34. The van der Waals surface area contributed by atoms with E-state index in [-0.39, 0.29) is 41.9 Å². The predicted octanol–water partition coefficient (Wildman–Crippen LogP) is 0.524. The van der Waals surface area contributed by atoms with E-state index in [1.165, 1.54) is 6.07 Å². The number of nitrogens with one attached hydrogen (secondary N) is 3. The number of rotatable bonds is 5. The lowest BCUT2D eigenvalue weighted by Gasteiger charge is -2.39. The molecule has 3 fully saturated rings. The van der Waals surface area contributed by atoms with Crippen molar-refractivity contribution >= 4 is 27.6 Å². The van der Waals surface area contributed by atoms with Gasteiger partial charge in [0.15, 0.2) is 0 Å². The normalized spacial score (nSPS) is 31.1. The minimum atomic E-state index is -3.83. The molecule has 0 spiro atoms. The smallest absolute Gasteiger partial charge is 0.321 e. The monoisotopic (exact) mass is 546 g/mol. The van der Waals surface area contributed by atoms with E-state index in [0.717, 1.165) is 10.7 Å². The van der Waals surface area contributed by atoms with Gasteiger partial charge in [-0.25, -0.2) is 18.9 Å². The summed E-state index contributed by atoms with van der Waals surface area (Å²) in [5.41, 5.74) is 3.91. The highest BCUT2D eigenvalue weighted by Gasteiger charge is 2.51. The number of hydrazine groups is 1. The molecule has 0 aromatic heterocycles. The van der Waals surface area contributed by atoms with Gasteiger partial charge in [-0.3, -0.25) is 9.59 Å². The van der Waals surface area contributed by atoms with Crippen LogP contribution in [-0.2, 0) is 35.6 Å². The lowest BCUT2D eigenvalue weighted by atomic mass is 9.88. The van der Waals surface area contributed by atoms with Gasteiger partial charge in [0, 0.05) is 31.4 Å². The molecule has 0 saturated carbocycles. The molecule has 1 amide bonds. The quantitative estimate of drug-likeness (QED) is 0.446. The topological polar surface area (TPSA) is 153 Å². The molecule has 13 heteroatoms. The van der Waals surface area contributed by atoms with E-state index in [4.69, 9.17) is 9.47 Å². The molecule has 4 heterocycles. The van der Waals surface area contributed by atoms with Gasteiger partial charge in [0.1, 0.15) is 18.3 Å². The van der Waals surface area contributed by atoms with Crippen molar-refractivity contribution in [1.82, 2.24) is 20.1 Å². The Labute approximate surface area is 222 Å². The van der Waals surface area contributed by atoms with E-state index in [9.17, 15) is 23.3 Å². The molecule has 0 bridgehead atoms. The highest BCUT2D eigenvalue weighted by atomic mass is 32.2. The number of carbonyl (C=O) groups is 2. The second-order valence-electron chi connectivity index (χ2n) is 11.2. The standard InChI is InChI=1S/C25H34N6O6S/c1-25(2,3)37-21(32)13-30-12-16-10-17(4-5-20(16)38(30,34)35)28-23-22-18(6-8-27-24(22)33)31(29-23)19-14-36-9-7-15(19)11-26/h4-5,10,15,18-19,22-23,28-29H,6-9,12-14H2,1-3H3,(H,27,33)/t15-,18?,19+,22?,23?/m1/s1. The number of fused-ring (bicyclic) bond motifs is 2. The molecule has 12 nitrogen and oxygen atoms in total. The Kier molecular flexibility index (Phi) is 7.12. The number of benzene rings is 1. The van der Waals surface area contributed by atoms with Crippen molar-refractivity contribution in [3.63, 3.8) is 0 Å². The van der Waals surface area contributed by atoms with Crippen molar-refractivity contribution < 1.29 is 27.5 Å². The van der Waals surface area contributed by atoms with Gasteiger partial charge in [-0.05, 0) is 57.4 Å². The molecular formula is C25H34N6O6S. The zero-order chi connectivity index (χ0) is 27.2. The van der Waals surface area contributed by atoms with Gasteiger partial charge in [-0.15, -0.1) is 0 Å². The molecule has 3 saturated heterocycles. The molecule has 1 aromatic carbocycles. The van der Waals surface area contributed by atoms with E-state index in [0.29, 0.717) is 37.4 Å². The molecule has 4 aliphatic rings. The number of amides is 1. The van der Waals surface area contributed by atoms with E-state index < -0.39 is 33.7 Å². The zero-order valence-electron chi connectivity index (χ0n) is 21.8. The van der Waals surface area contributed by atoms with E-state index in [1.807, 2.05) is 5.01 Å². The van der Waals surface area contributed by atoms with Gasteiger partial charge in [-0.1, -0.05) is 0 Å². The Bertz CT molecular complexity index is 1260. The molecule has 38 heavy (non-hydrogen) atoms. The van der Waals surface area contributed by atoms with Gasteiger partial charge in [-0.2, -0.15) is 9.57 Å². The highest BCUT2D eigenvalue weighted by Crippen LogP contribution is 2.36. The average Bonchev–Trinajstić information content (AvgIpc) is 3.32. The molecule has 3 N–H and O–H groups in total. The summed E-state index contributed by atoms with van der Waals surface area (Å²) in [5.74, 6) is -1.31.